The van der Waals surface area contributed by atoms with Crippen molar-refractivity contribution in [3.63, 3.8) is 0 Å². The molecule has 0 spiro atoms. The lowest BCUT2D eigenvalue weighted by atomic mass is 10.2. The lowest BCUT2D eigenvalue weighted by Gasteiger charge is -2.28. The Morgan fingerprint density at radius 3 is 2.79 bits per heavy atom. The first-order valence-corrected chi connectivity index (χ1v) is 9.17. The number of carbonyl (C=O) groups is 3. The van der Waals surface area contributed by atoms with Crippen molar-refractivity contribution in [2.75, 3.05) is 18.2 Å². The number of amides is 2. The zero-order valence-electron chi connectivity index (χ0n) is 13.3. The second kappa shape index (κ2) is 7.70. The van der Waals surface area contributed by atoms with Crippen LogP contribution in [0.3, 0.4) is 0 Å². The van der Waals surface area contributed by atoms with Crippen molar-refractivity contribution in [3.05, 3.63) is 35.9 Å². The predicted molar refractivity (Wildman–Crippen MR) is 90.4 cm³/mol. The van der Waals surface area contributed by atoms with Crippen molar-refractivity contribution < 1.29 is 19.1 Å². The van der Waals surface area contributed by atoms with Crippen LogP contribution in [0, 0.1) is 0 Å². The molecule has 0 bridgehead atoms. The van der Waals surface area contributed by atoms with Gasteiger partial charge in [-0.3, -0.25) is 9.69 Å². The van der Waals surface area contributed by atoms with Gasteiger partial charge in [0.2, 0.25) is 5.91 Å². The first-order valence-electron chi connectivity index (χ1n) is 8.01. The summed E-state index contributed by atoms with van der Waals surface area (Å²) in [5, 5.41) is 0. The van der Waals surface area contributed by atoms with E-state index in [4.69, 9.17) is 4.74 Å². The first-order chi connectivity index (χ1) is 11.7. The minimum Gasteiger partial charge on any atom is -0.445 e. The standard InChI is InChI=1S/C17H20N2O4S/c20-9-14-7-4-8-18(14)16(21)15-11-24-12-19(15)17(22)23-10-13-5-2-1-3-6-13/h1-3,5-6,9,14-15H,4,7-8,10-12H2/t14-,15-/m0/s1. The Balaban J connectivity index is 1.61. The first kappa shape index (κ1) is 16.8. The molecule has 2 heterocycles. The Morgan fingerprint density at radius 1 is 1.25 bits per heavy atom. The number of benzene rings is 1. The molecule has 24 heavy (non-hydrogen) atoms. The van der Waals surface area contributed by atoms with Crippen LogP contribution in [0.1, 0.15) is 18.4 Å². The molecule has 2 saturated heterocycles. The summed E-state index contributed by atoms with van der Waals surface area (Å²) in [4.78, 5) is 39.2. The van der Waals surface area contributed by atoms with E-state index in [1.807, 2.05) is 30.3 Å². The van der Waals surface area contributed by atoms with Gasteiger partial charge in [0.15, 0.2) is 0 Å². The normalized spacial score (nSPS) is 23.3. The molecule has 2 fully saturated rings. The highest BCUT2D eigenvalue weighted by molar-refractivity contribution is 7.99. The molecule has 6 nitrogen and oxygen atoms in total. The molecule has 0 aromatic heterocycles. The Labute approximate surface area is 145 Å². The number of hydrogen-bond acceptors (Lipinski definition) is 5. The van der Waals surface area contributed by atoms with Gasteiger partial charge in [0.1, 0.15) is 18.9 Å². The van der Waals surface area contributed by atoms with Gasteiger partial charge in [0, 0.05) is 12.3 Å². The minimum absolute atomic E-state index is 0.147. The van der Waals surface area contributed by atoms with Crippen LogP contribution in [0.5, 0.6) is 0 Å². The molecule has 1 aromatic rings. The molecule has 0 aliphatic carbocycles. The number of thioether (sulfide) groups is 1. The van der Waals surface area contributed by atoms with E-state index >= 15 is 0 Å². The predicted octanol–water partition coefficient (Wildman–Crippen LogP) is 1.89. The lowest BCUT2D eigenvalue weighted by molar-refractivity contribution is -0.138. The topological polar surface area (TPSA) is 66.9 Å². The molecule has 0 saturated carbocycles. The fourth-order valence-electron chi connectivity index (χ4n) is 3.03. The van der Waals surface area contributed by atoms with Crippen LogP contribution in [0.4, 0.5) is 4.79 Å². The summed E-state index contributed by atoms with van der Waals surface area (Å²) >= 11 is 1.53. The van der Waals surface area contributed by atoms with Crippen molar-refractivity contribution in [1.29, 1.82) is 0 Å². The number of likely N-dealkylation sites (tertiary alicyclic amines) is 1. The van der Waals surface area contributed by atoms with Crippen molar-refractivity contribution in [3.8, 4) is 0 Å². The van der Waals surface area contributed by atoms with Gasteiger partial charge in [-0.2, -0.15) is 0 Å². The van der Waals surface area contributed by atoms with E-state index in [0.717, 1.165) is 18.3 Å². The molecule has 7 heteroatoms. The summed E-state index contributed by atoms with van der Waals surface area (Å²) in [5.74, 6) is 0.830. The monoisotopic (exact) mass is 348 g/mol. The molecule has 128 valence electrons. The van der Waals surface area contributed by atoms with E-state index in [2.05, 4.69) is 0 Å². The second-order valence-electron chi connectivity index (χ2n) is 5.90. The molecule has 2 aliphatic rings. The summed E-state index contributed by atoms with van der Waals surface area (Å²) in [6.07, 6.45) is 1.87. The largest absolute Gasteiger partial charge is 0.445 e. The molecule has 0 N–H and O–H groups in total. The van der Waals surface area contributed by atoms with Gasteiger partial charge < -0.3 is 14.4 Å². The minimum atomic E-state index is -0.543. The Bertz CT molecular complexity index is 610. The molecule has 0 radical (unpaired) electrons. The van der Waals surface area contributed by atoms with Gasteiger partial charge in [-0.05, 0) is 18.4 Å². The van der Waals surface area contributed by atoms with E-state index in [1.54, 1.807) is 4.90 Å². The van der Waals surface area contributed by atoms with Gasteiger partial charge in [-0.25, -0.2) is 4.79 Å². The Kier molecular flexibility index (Phi) is 5.40. The number of aldehydes is 1. The third-order valence-electron chi connectivity index (χ3n) is 4.35. The highest BCUT2D eigenvalue weighted by Crippen LogP contribution is 2.26. The second-order valence-corrected chi connectivity index (χ2v) is 6.90. The van der Waals surface area contributed by atoms with Crippen LogP contribution in [0.2, 0.25) is 0 Å². The van der Waals surface area contributed by atoms with Crippen molar-refractivity contribution in [1.82, 2.24) is 9.80 Å². The average molecular weight is 348 g/mol. The number of nitrogens with zero attached hydrogens (tertiary/aromatic N) is 2. The van der Waals surface area contributed by atoms with E-state index < -0.39 is 12.1 Å². The molecule has 2 atom stereocenters. The zero-order valence-corrected chi connectivity index (χ0v) is 14.1. The van der Waals surface area contributed by atoms with Gasteiger partial charge in [-0.1, -0.05) is 30.3 Å². The van der Waals surface area contributed by atoms with Gasteiger partial charge in [0.25, 0.3) is 0 Å². The van der Waals surface area contributed by atoms with Gasteiger partial charge in [0.05, 0.1) is 11.9 Å². The van der Waals surface area contributed by atoms with E-state index in [9.17, 15) is 14.4 Å². The summed E-state index contributed by atoms with van der Waals surface area (Å²) in [7, 11) is 0. The summed E-state index contributed by atoms with van der Waals surface area (Å²) in [5.41, 5.74) is 0.904. The zero-order chi connectivity index (χ0) is 16.9. The van der Waals surface area contributed by atoms with Crippen molar-refractivity contribution >= 4 is 30.0 Å². The smallest absolute Gasteiger partial charge is 0.411 e. The number of rotatable bonds is 4. The maximum absolute atomic E-state index is 12.7. The van der Waals surface area contributed by atoms with Crippen LogP contribution >= 0.6 is 11.8 Å². The van der Waals surface area contributed by atoms with Crippen molar-refractivity contribution in [2.24, 2.45) is 0 Å². The van der Waals surface area contributed by atoms with Crippen molar-refractivity contribution in [2.45, 2.75) is 31.5 Å². The van der Waals surface area contributed by atoms with Crippen LogP contribution in [0.15, 0.2) is 30.3 Å². The summed E-state index contributed by atoms with van der Waals surface area (Å²) in [6.45, 7) is 0.763. The number of ether oxygens (including phenoxy) is 1. The molecule has 1 aromatic carbocycles. The summed E-state index contributed by atoms with van der Waals surface area (Å²) in [6, 6.07) is 8.53. The van der Waals surface area contributed by atoms with E-state index in [0.29, 0.717) is 24.6 Å². The Hall–Kier alpha value is -2.02. The van der Waals surface area contributed by atoms with Crippen LogP contribution in [0.25, 0.3) is 0 Å². The molecule has 2 aliphatic heterocycles. The molecular formula is C17H20N2O4S. The van der Waals surface area contributed by atoms with E-state index in [1.165, 1.54) is 16.7 Å². The third kappa shape index (κ3) is 3.56. The molecule has 2 amide bonds. The summed E-state index contributed by atoms with van der Waals surface area (Å²) < 4.78 is 5.34. The molecular weight excluding hydrogens is 328 g/mol. The quantitative estimate of drug-likeness (QED) is 0.778. The highest BCUT2D eigenvalue weighted by atomic mass is 32.2. The van der Waals surface area contributed by atoms with Crippen LogP contribution in [-0.2, 0) is 20.9 Å². The molecule has 3 rings (SSSR count). The maximum Gasteiger partial charge on any atom is 0.411 e. The van der Waals surface area contributed by atoms with Gasteiger partial charge >= 0.3 is 6.09 Å². The van der Waals surface area contributed by atoms with Crippen LogP contribution in [-0.4, -0.2) is 58.3 Å². The fourth-order valence-corrected chi connectivity index (χ4v) is 4.16. The van der Waals surface area contributed by atoms with E-state index in [-0.39, 0.29) is 18.6 Å². The Morgan fingerprint density at radius 2 is 2.04 bits per heavy atom. The maximum atomic E-state index is 12.7. The molecule has 0 unspecified atom stereocenters. The SMILES string of the molecule is O=C[C@@H]1CCCN1C(=O)[C@@H]1CSCN1C(=O)OCc1ccccc1. The van der Waals surface area contributed by atoms with Gasteiger partial charge in [-0.15, -0.1) is 11.8 Å². The highest BCUT2D eigenvalue weighted by Gasteiger charge is 2.41. The average Bonchev–Trinajstić information content (AvgIpc) is 3.28. The lowest BCUT2D eigenvalue weighted by Crippen LogP contribution is -2.50. The number of carbonyl (C=O) groups excluding carboxylic acids is 3. The van der Waals surface area contributed by atoms with Crippen LogP contribution < -0.4 is 0 Å². The fraction of sp³-hybridized carbons (Fsp3) is 0.471. The number of hydrogen-bond donors (Lipinski definition) is 0. The third-order valence-corrected chi connectivity index (χ3v) is 5.36.